The van der Waals surface area contributed by atoms with Gasteiger partial charge in [0, 0.05) is 17.6 Å². The van der Waals surface area contributed by atoms with Crippen molar-refractivity contribution in [3.05, 3.63) is 23.8 Å². The van der Waals surface area contributed by atoms with Gasteiger partial charge in [0.2, 0.25) is 0 Å². The summed E-state index contributed by atoms with van der Waals surface area (Å²) in [5.41, 5.74) is 0.534. The Morgan fingerprint density at radius 1 is 1.28 bits per heavy atom. The predicted molar refractivity (Wildman–Crippen MR) is 97.4 cm³/mol. The van der Waals surface area contributed by atoms with Gasteiger partial charge in [0.05, 0.1) is 32.3 Å². The molecule has 1 aromatic carbocycles. The zero-order chi connectivity index (χ0) is 18.6. The first-order valence-corrected chi connectivity index (χ1v) is 10.3. The number of sulfone groups is 1. The van der Waals surface area contributed by atoms with Gasteiger partial charge in [-0.3, -0.25) is 9.69 Å². The quantitative estimate of drug-likeness (QED) is 0.654. The fraction of sp³-hybridized carbons (Fsp3) is 0.611. The average Bonchev–Trinajstić information content (AvgIpc) is 2.97. The van der Waals surface area contributed by atoms with Gasteiger partial charge in [-0.2, -0.15) is 0 Å². The smallest absolute Gasteiger partial charge is 0.176 e. The summed E-state index contributed by atoms with van der Waals surface area (Å²) in [6, 6.07) is 5.14. The van der Waals surface area contributed by atoms with Crippen LogP contribution in [0.2, 0.25) is 0 Å². The van der Waals surface area contributed by atoms with Gasteiger partial charge in [-0.15, -0.1) is 0 Å². The van der Waals surface area contributed by atoms with Gasteiger partial charge in [0.25, 0.3) is 0 Å². The lowest BCUT2D eigenvalue weighted by molar-refractivity contribution is 0.0841. The van der Waals surface area contributed by atoms with Crippen LogP contribution in [0.5, 0.6) is 11.5 Å². The second kappa shape index (κ2) is 8.19. The van der Waals surface area contributed by atoms with Crippen molar-refractivity contribution >= 4 is 15.6 Å². The number of methoxy groups -OCH3 is 2. The summed E-state index contributed by atoms with van der Waals surface area (Å²) >= 11 is 0. The molecular formula is C18H27NO5S. The molecule has 25 heavy (non-hydrogen) atoms. The summed E-state index contributed by atoms with van der Waals surface area (Å²) in [6.07, 6.45) is 1.45. The molecule has 0 spiro atoms. The van der Waals surface area contributed by atoms with E-state index in [1.54, 1.807) is 25.3 Å². The van der Waals surface area contributed by atoms with Gasteiger partial charge < -0.3 is 9.47 Å². The summed E-state index contributed by atoms with van der Waals surface area (Å²) in [5.74, 6) is 1.36. The maximum atomic E-state index is 12.8. The van der Waals surface area contributed by atoms with Gasteiger partial charge >= 0.3 is 0 Å². The zero-order valence-corrected chi connectivity index (χ0v) is 16.1. The molecule has 1 aromatic rings. The first kappa shape index (κ1) is 19.7. The number of ketones is 1. The van der Waals surface area contributed by atoms with Gasteiger partial charge in [-0.1, -0.05) is 6.92 Å². The SMILES string of the molecule is CC[C@@H](C)N(CC(=O)c1ccc(OC)c(OC)c1)[C@@H]1CCS(=O)(=O)C1. The monoisotopic (exact) mass is 369 g/mol. The minimum absolute atomic E-state index is 0.0504. The number of hydrogen-bond donors (Lipinski definition) is 0. The van der Waals surface area contributed by atoms with Gasteiger partial charge in [-0.25, -0.2) is 8.42 Å². The third-order valence-electron chi connectivity index (χ3n) is 4.87. The number of hydrogen-bond acceptors (Lipinski definition) is 6. The van der Waals surface area contributed by atoms with E-state index in [9.17, 15) is 13.2 Å². The molecule has 0 N–H and O–H groups in total. The predicted octanol–water partition coefficient (Wildman–Crippen LogP) is 2.17. The number of ether oxygens (including phenoxy) is 2. The Hall–Kier alpha value is -1.60. The molecule has 0 unspecified atom stereocenters. The van der Waals surface area contributed by atoms with E-state index in [-0.39, 0.29) is 35.9 Å². The van der Waals surface area contributed by atoms with Crippen LogP contribution >= 0.6 is 0 Å². The summed E-state index contributed by atoms with van der Waals surface area (Å²) in [7, 11) is 0.0831. The zero-order valence-electron chi connectivity index (χ0n) is 15.3. The van der Waals surface area contributed by atoms with E-state index in [1.165, 1.54) is 7.11 Å². The Balaban J connectivity index is 2.19. The molecule has 1 aliphatic heterocycles. The van der Waals surface area contributed by atoms with Crippen molar-refractivity contribution in [1.82, 2.24) is 4.90 Å². The van der Waals surface area contributed by atoms with E-state index in [0.29, 0.717) is 23.5 Å². The minimum atomic E-state index is -2.99. The number of Topliss-reactive ketones (excluding diaryl/α,β-unsaturated/α-hetero) is 1. The molecule has 1 aliphatic rings. The van der Waals surface area contributed by atoms with Crippen molar-refractivity contribution in [2.45, 2.75) is 38.8 Å². The molecule has 0 radical (unpaired) electrons. The second-order valence-corrected chi connectivity index (χ2v) is 8.71. The highest BCUT2D eigenvalue weighted by Crippen LogP contribution is 2.28. The van der Waals surface area contributed by atoms with Crippen molar-refractivity contribution in [2.24, 2.45) is 0 Å². The Morgan fingerprint density at radius 3 is 2.48 bits per heavy atom. The lowest BCUT2D eigenvalue weighted by atomic mass is 10.1. The van der Waals surface area contributed by atoms with Crippen molar-refractivity contribution < 1.29 is 22.7 Å². The van der Waals surface area contributed by atoms with Gasteiger partial charge in [0.1, 0.15) is 0 Å². The maximum absolute atomic E-state index is 12.8. The molecule has 2 rings (SSSR count). The fourth-order valence-corrected chi connectivity index (χ4v) is 4.93. The highest BCUT2D eigenvalue weighted by molar-refractivity contribution is 7.91. The van der Waals surface area contributed by atoms with Crippen LogP contribution in [0.1, 0.15) is 37.0 Å². The number of nitrogens with zero attached hydrogens (tertiary/aromatic N) is 1. The Morgan fingerprint density at radius 2 is 1.96 bits per heavy atom. The topological polar surface area (TPSA) is 72.9 Å². The van der Waals surface area contributed by atoms with Crippen LogP contribution in [-0.4, -0.2) is 63.5 Å². The summed E-state index contributed by atoms with van der Waals surface area (Å²) in [5, 5.41) is 0. The molecule has 1 saturated heterocycles. The normalized spacial score (nSPS) is 20.4. The molecule has 0 aliphatic carbocycles. The first-order valence-electron chi connectivity index (χ1n) is 8.52. The van der Waals surface area contributed by atoms with Crippen LogP contribution in [-0.2, 0) is 9.84 Å². The van der Waals surface area contributed by atoms with E-state index >= 15 is 0 Å². The van der Waals surface area contributed by atoms with Gasteiger partial charge in [0.15, 0.2) is 27.1 Å². The van der Waals surface area contributed by atoms with E-state index < -0.39 is 9.84 Å². The van der Waals surface area contributed by atoms with Crippen LogP contribution in [0.4, 0.5) is 0 Å². The third kappa shape index (κ3) is 4.73. The molecule has 140 valence electrons. The third-order valence-corrected chi connectivity index (χ3v) is 6.62. The molecule has 6 nitrogen and oxygen atoms in total. The van der Waals surface area contributed by atoms with Crippen LogP contribution in [0.25, 0.3) is 0 Å². The Labute approximate surface area is 150 Å². The number of rotatable bonds is 8. The molecule has 0 aromatic heterocycles. The van der Waals surface area contributed by atoms with Crippen molar-refractivity contribution in [2.75, 3.05) is 32.3 Å². The molecule has 1 fully saturated rings. The summed E-state index contributed by atoms with van der Waals surface area (Å²) in [4.78, 5) is 14.8. The Bertz CT molecular complexity index is 716. The number of benzene rings is 1. The molecule has 0 saturated carbocycles. The van der Waals surface area contributed by atoms with E-state index in [0.717, 1.165) is 6.42 Å². The molecule has 1 heterocycles. The van der Waals surface area contributed by atoms with E-state index in [4.69, 9.17) is 9.47 Å². The van der Waals surface area contributed by atoms with Crippen molar-refractivity contribution in [3.8, 4) is 11.5 Å². The molecular weight excluding hydrogens is 342 g/mol. The maximum Gasteiger partial charge on any atom is 0.176 e. The number of carbonyl (C=O) groups excluding carboxylic acids is 1. The Kier molecular flexibility index (Phi) is 6.46. The lowest BCUT2D eigenvalue weighted by Crippen LogP contribution is -2.45. The van der Waals surface area contributed by atoms with Crippen LogP contribution in [0.3, 0.4) is 0 Å². The highest BCUT2D eigenvalue weighted by atomic mass is 32.2. The van der Waals surface area contributed by atoms with E-state index in [2.05, 4.69) is 0 Å². The highest BCUT2D eigenvalue weighted by Gasteiger charge is 2.35. The fourth-order valence-electron chi connectivity index (χ4n) is 3.18. The average molecular weight is 369 g/mol. The lowest BCUT2D eigenvalue weighted by Gasteiger charge is -2.32. The van der Waals surface area contributed by atoms with Crippen LogP contribution in [0.15, 0.2) is 18.2 Å². The summed E-state index contributed by atoms with van der Waals surface area (Å²) in [6.45, 7) is 4.28. The molecule has 2 atom stereocenters. The largest absolute Gasteiger partial charge is 0.493 e. The van der Waals surface area contributed by atoms with Crippen molar-refractivity contribution in [1.29, 1.82) is 0 Å². The minimum Gasteiger partial charge on any atom is -0.493 e. The van der Waals surface area contributed by atoms with Gasteiger partial charge in [-0.05, 0) is 38.0 Å². The molecule has 0 amide bonds. The number of carbonyl (C=O) groups is 1. The molecule has 0 bridgehead atoms. The van der Waals surface area contributed by atoms with Crippen molar-refractivity contribution in [3.63, 3.8) is 0 Å². The summed E-state index contributed by atoms with van der Waals surface area (Å²) < 4.78 is 34.1. The second-order valence-electron chi connectivity index (χ2n) is 6.48. The van der Waals surface area contributed by atoms with Crippen LogP contribution in [0, 0.1) is 0 Å². The van der Waals surface area contributed by atoms with Crippen LogP contribution < -0.4 is 9.47 Å². The molecule has 7 heteroatoms. The van der Waals surface area contributed by atoms with E-state index in [1.807, 2.05) is 18.7 Å². The first-order chi connectivity index (χ1) is 11.8. The standard InChI is InChI=1S/C18H27NO5S/c1-5-13(2)19(15-8-9-25(21,22)12-15)11-16(20)14-6-7-17(23-3)18(10-14)24-4/h6-7,10,13,15H,5,8-9,11-12H2,1-4H3/t13-,15-/m1/s1.